The molecule has 1 aromatic carbocycles. The van der Waals surface area contributed by atoms with Crippen molar-refractivity contribution < 1.29 is 9.59 Å². The summed E-state index contributed by atoms with van der Waals surface area (Å²) in [4.78, 5) is 38.8. The van der Waals surface area contributed by atoms with Gasteiger partial charge < -0.3 is 14.8 Å². The van der Waals surface area contributed by atoms with Crippen molar-refractivity contribution in [2.75, 3.05) is 23.3 Å². The lowest BCUT2D eigenvalue weighted by Gasteiger charge is -2.33. The summed E-state index contributed by atoms with van der Waals surface area (Å²) in [5, 5.41) is 6.74. The number of amides is 2. The maximum absolute atomic E-state index is 11.8. The van der Waals surface area contributed by atoms with E-state index in [1.165, 1.54) is 18.8 Å². The van der Waals surface area contributed by atoms with Crippen molar-refractivity contribution in [1.82, 2.24) is 24.8 Å². The highest BCUT2D eigenvalue weighted by atomic mass is 16.2. The Balaban J connectivity index is 1.37. The van der Waals surface area contributed by atoms with Crippen molar-refractivity contribution in [2.24, 2.45) is 7.05 Å². The van der Waals surface area contributed by atoms with Gasteiger partial charge in [0.1, 0.15) is 6.33 Å². The maximum Gasteiger partial charge on any atom is 0.346 e. The molecule has 2 aliphatic heterocycles. The minimum Gasteiger partial charge on any atom is -0.355 e. The Morgan fingerprint density at radius 3 is 2.76 bits per heavy atom. The van der Waals surface area contributed by atoms with Crippen molar-refractivity contribution in [3.8, 4) is 0 Å². The third-order valence-electron chi connectivity index (χ3n) is 5.70. The smallest absolute Gasteiger partial charge is 0.346 e. The first-order valence-electron chi connectivity index (χ1n) is 9.61. The quantitative estimate of drug-likeness (QED) is 0.689. The summed E-state index contributed by atoms with van der Waals surface area (Å²) < 4.78 is 1.72. The van der Waals surface area contributed by atoms with Gasteiger partial charge in [0.2, 0.25) is 0 Å². The number of nitrogens with zero attached hydrogens (tertiary/aromatic N) is 6. The van der Waals surface area contributed by atoms with Gasteiger partial charge >= 0.3 is 6.03 Å². The second-order valence-corrected chi connectivity index (χ2v) is 7.50. The highest BCUT2D eigenvalue weighted by Gasteiger charge is 2.27. The molecule has 0 unspecified atom stereocenters. The molecular weight excluding hydrogens is 370 g/mol. The number of urea groups is 1. The first kappa shape index (κ1) is 17.6. The molecule has 4 heterocycles. The molecule has 1 radical (unpaired) electrons. The molecule has 2 aromatic heterocycles. The van der Waals surface area contributed by atoms with Gasteiger partial charge in [0.25, 0.3) is 0 Å². The molecule has 2 amide bonds. The van der Waals surface area contributed by atoms with E-state index in [2.05, 4.69) is 36.6 Å². The zero-order valence-corrected chi connectivity index (χ0v) is 16.2. The van der Waals surface area contributed by atoms with Crippen molar-refractivity contribution in [1.29, 1.82) is 0 Å². The highest BCUT2D eigenvalue weighted by Crippen LogP contribution is 2.36. The minimum absolute atomic E-state index is 0.0925. The van der Waals surface area contributed by atoms with Crippen LogP contribution in [0, 0.1) is 0 Å². The fourth-order valence-corrected chi connectivity index (χ4v) is 4.21. The predicted molar refractivity (Wildman–Crippen MR) is 108 cm³/mol. The fraction of sp³-hybridized carbons (Fsp3) is 0.350. The monoisotopic (exact) mass is 390 g/mol. The van der Waals surface area contributed by atoms with E-state index in [1.807, 2.05) is 12.1 Å². The van der Waals surface area contributed by atoms with Crippen LogP contribution in [0.2, 0.25) is 0 Å². The minimum atomic E-state index is -0.306. The summed E-state index contributed by atoms with van der Waals surface area (Å²) in [6.45, 7) is 3.16. The number of rotatable bonds is 3. The van der Waals surface area contributed by atoms with Crippen LogP contribution in [-0.2, 0) is 7.05 Å². The van der Waals surface area contributed by atoms with Gasteiger partial charge in [-0.05, 0) is 36.5 Å². The molecule has 29 heavy (non-hydrogen) atoms. The lowest BCUT2D eigenvalue weighted by atomic mass is 9.89. The van der Waals surface area contributed by atoms with Crippen LogP contribution in [0.1, 0.15) is 41.9 Å². The first-order chi connectivity index (χ1) is 14.0. The molecular formula is C20H20N7O2. The summed E-state index contributed by atoms with van der Waals surface area (Å²) in [6.07, 6.45) is 3.44. The Hall–Kier alpha value is -3.49. The lowest BCUT2D eigenvalue weighted by molar-refractivity contribution is 0.100. The number of fused-ring (bicyclic) bond motifs is 2. The molecule has 2 aliphatic rings. The lowest BCUT2D eigenvalue weighted by Crippen LogP contribution is -2.33. The fourth-order valence-electron chi connectivity index (χ4n) is 4.21. The van der Waals surface area contributed by atoms with Gasteiger partial charge in [-0.2, -0.15) is 5.32 Å². The van der Waals surface area contributed by atoms with E-state index in [9.17, 15) is 9.59 Å². The summed E-state index contributed by atoms with van der Waals surface area (Å²) in [5.74, 6) is 1.47. The Labute approximate surface area is 167 Å². The molecule has 9 heteroatoms. The van der Waals surface area contributed by atoms with Gasteiger partial charge in [-0.15, -0.1) is 0 Å². The second-order valence-electron chi connectivity index (χ2n) is 7.50. The molecule has 147 valence electrons. The number of imidazole rings is 1. The number of anilines is 2. The number of aryl methyl sites for hydroxylation is 1. The van der Waals surface area contributed by atoms with Crippen LogP contribution in [0.25, 0.3) is 11.2 Å². The van der Waals surface area contributed by atoms with Crippen LogP contribution < -0.4 is 15.5 Å². The van der Waals surface area contributed by atoms with Crippen LogP contribution in [0.3, 0.4) is 0 Å². The van der Waals surface area contributed by atoms with Gasteiger partial charge in [-0.3, -0.25) is 4.79 Å². The van der Waals surface area contributed by atoms with E-state index in [-0.39, 0.29) is 11.8 Å². The van der Waals surface area contributed by atoms with E-state index in [1.54, 1.807) is 11.6 Å². The molecule has 1 saturated heterocycles. The SMILES string of the molecule is CC(=O)c1nc2c(N3CCC(c4ccc5c(c4)[N]C(=O)N5)CC3)ncnc2n1C. The summed E-state index contributed by atoms with van der Waals surface area (Å²) in [5.41, 5.74) is 4.03. The van der Waals surface area contributed by atoms with Gasteiger partial charge in [-0.1, -0.05) is 6.07 Å². The molecule has 0 spiro atoms. The van der Waals surface area contributed by atoms with E-state index in [0.717, 1.165) is 43.1 Å². The topological polar surface area (TPSA) is 107 Å². The molecule has 0 saturated carbocycles. The number of benzene rings is 1. The van der Waals surface area contributed by atoms with Crippen molar-refractivity contribution in [2.45, 2.75) is 25.7 Å². The second kappa shape index (κ2) is 6.54. The summed E-state index contributed by atoms with van der Waals surface area (Å²) in [6, 6.07) is 5.70. The number of piperidine rings is 1. The van der Waals surface area contributed by atoms with Gasteiger partial charge in [0, 0.05) is 27.1 Å². The normalized spacial score (nSPS) is 16.6. The van der Waals surface area contributed by atoms with E-state index < -0.39 is 0 Å². The Bertz CT molecular complexity index is 1150. The van der Waals surface area contributed by atoms with Crippen LogP contribution >= 0.6 is 0 Å². The third-order valence-corrected chi connectivity index (χ3v) is 5.70. The Morgan fingerprint density at radius 1 is 1.21 bits per heavy atom. The average Bonchev–Trinajstić information content (AvgIpc) is 3.26. The number of hydrogen-bond acceptors (Lipinski definition) is 6. The summed E-state index contributed by atoms with van der Waals surface area (Å²) in [7, 11) is 1.80. The largest absolute Gasteiger partial charge is 0.355 e. The van der Waals surface area contributed by atoms with Gasteiger partial charge in [-0.25, -0.2) is 19.7 Å². The van der Waals surface area contributed by atoms with Crippen molar-refractivity contribution >= 4 is 40.2 Å². The van der Waals surface area contributed by atoms with E-state index in [0.29, 0.717) is 22.9 Å². The number of carbonyl (C=O) groups excluding carboxylic acids is 2. The van der Waals surface area contributed by atoms with Crippen LogP contribution in [-0.4, -0.2) is 44.4 Å². The molecule has 9 nitrogen and oxygen atoms in total. The number of Topliss-reactive ketones (excluding diaryl/α,β-unsaturated/α-hetero) is 1. The Morgan fingerprint density at radius 2 is 2.00 bits per heavy atom. The number of nitrogens with one attached hydrogen (secondary N) is 1. The number of aromatic nitrogens is 4. The zero-order chi connectivity index (χ0) is 20.1. The van der Waals surface area contributed by atoms with Crippen molar-refractivity contribution in [3.63, 3.8) is 0 Å². The standard InChI is InChI=1S/C20H20N7O2/c1-11(28)17-25-16-18(26(17)2)21-10-22-19(16)27-7-5-12(6-8-27)13-3-4-14-15(9-13)24-20(29)23-14/h3-4,9-10,12H,5-8H2,1-2H3,(H,23,29). The number of hydrogen-bond donors (Lipinski definition) is 1. The maximum atomic E-state index is 11.8. The van der Waals surface area contributed by atoms with Crippen LogP contribution in [0.5, 0.6) is 0 Å². The molecule has 0 bridgehead atoms. The number of ketones is 1. The third kappa shape index (κ3) is 2.89. The summed E-state index contributed by atoms with van der Waals surface area (Å²) >= 11 is 0. The van der Waals surface area contributed by atoms with Gasteiger partial charge in [0.05, 0.1) is 11.4 Å². The van der Waals surface area contributed by atoms with Crippen LogP contribution in [0.4, 0.5) is 22.0 Å². The molecule has 0 aliphatic carbocycles. The molecule has 1 fully saturated rings. The molecule has 5 rings (SSSR count). The molecule has 3 aromatic rings. The highest BCUT2D eigenvalue weighted by molar-refractivity contribution is 6.02. The molecule has 0 atom stereocenters. The Kier molecular flexibility index (Phi) is 3.97. The zero-order valence-electron chi connectivity index (χ0n) is 16.2. The number of carbonyl (C=O) groups is 2. The van der Waals surface area contributed by atoms with Gasteiger partial charge in [0.15, 0.2) is 28.6 Å². The molecule has 1 N–H and O–H groups in total. The average molecular weight is 390 g/mol. The van der Waals surface area contributed by atoms with Crippen LogP contribution in [0.15, 0.2) is 24.5 Å². The predicted octanol–water partition coefficient (Wildman–Crippen LogP) is 2.73. The van der Waals surface area contributed by atoms with E-state index >= 15 is 0 Å². The first-order valence-corrected chi connectivity index (χ1v) is 9.61. The van der Waals surface area contributed by atoms with E-state index in [4.69, 9.17) is 0 Å². The van der Waals surface area contributed by atoms with Crippen molar-refractivity contribution in [3.05, 3.63) is 35.9 Å².